The van der Waals surface area contributed by atoms with Crippen LogP contribution in [0.2, 0.25) is 0 Å². The van der Waals surface area contributed by atoms with Crippen molar-refractivity contribution in [1.29, 1.82) is 5.26 Å². The van der Waals surface area contributed by atoms with Crippen LogP contribution < -0.4 is 20.1 Å². The molecule has 9 heteroatoms. The first-order chi connectivity index (χ1) is 20.3. The maximum atomic E-state index is 13.5. The number of amides is 1. The maximum absolute atomic E-state index is 13.5. The van der Waals surface area contributed by atoms with Crippen molar-refractivity contribution in [2.45, 2.75) is 59.0 Å². The van der Waals surface area contributed by atoms with E-state index in [1.54, 1.807) is 12.1 Å². The predicted molar refractivity (Wildman–Crippen MR) is 165 cm³/mol. The van der Waals surface area contributed by atoms with E-state index >= 15 is 0 Å². The fourth-order valence-electron chi connectivity index (χ4n) is 5.50. The Morgan fingerprint density at radius 2 is 1.98 bits per heavy atom. The molecule has 2 N–H and O–H groups in total. The molecule has 1 aliphatic carbocycles. The number of carbonyl (C=O) groups is 2. The molecule has 0 fully saturated rings. The van der Waals surface area contributed by atoms with Crippen LogP contribution in [-0.2, 0) is 16.1 Å². The van der Waals surface area contributed by atoms with Gasteiger partial charge in [0, 0.05) is 29.1 Å². The first-order valence-corrected chi connectivity index (χ1v) is 15.0. The molecule has 1 amide bonds. The Morgan fingerprint density at radius 3 is 2.64 bits per heavy atom. The molecule has 0 aromatic heterocycles. The number of anilines is 1. The number of Topliss-reactive ketones (excluding diaryl/α,β-unsaturated/α-hetero) is 1. The van der Waals surface area contributed by atoms with Gasteiger partial charge in [-0.25, -0.2) is 4.79 Å². The van der Waals surface area contributed by atoms with Crippen molar-refractivity contribution in [3.8, 4) is 17.6 Å². The molecular weight excluding hydrogens is 598 g/mol. The zero-order chi connectivity index (χ0) is 30.2. The minimum Gasteiger partial charge on any atom is -0.490 e. The van der Waals surface area contributed by atoms with Crippen LogP contribution in [0.15, 0.2) is 76.1 Å². The predicted octanol–water partition coefficient (Wildman–Crippen LogP) is 7.68. The lowest BCUT2D eigenvalue weighted by Crippen LogP contribution is -2.34. The minimum absolute atomic E-state index is 0.0914. The van der Waals surface area contributed by atoms with Gasteiger partial charge in [0.25, 0.3) is 0 Å². The highest BCUT2D eigenvalue weighted by molar-refractivity contribution is 9.10. The van der Waals surface area contributed by atoms with Gasteiger partial charge < -0.3 is 19.5 Å². The normalized spacial score (nSPS) is 18.0. The Morgan fingerprint density at radius 1 is 1.21 bits per heavy atom. The Labute approximate surface area is 255 Å². The van der Waals surface area contributed by atoms with E-state index in [9.17, 15) is 14.9 Å². The van der Waals surface area contributed by atoms with E-state index in [2.05, 4.69) is 46.1 Å². The van der Waals surface area contributed by atoms with Crippen LogP contribution in [0.3, 0.4) is 0 Å². The molecule has 2 atom stereocenters. The highest BCUT2D eigenvalue weighted by atomic mass is 79.9. The van der Waals surface area contributed by atoms with Gasteiger partial charge >= 0.3 is 6.09 Å². The van der Waals surface area contributed by atoms with Crippen molar-refractivity contribution in [2.75, 3.05) is 18.5 Å². The molecule has 1 aliphatic heterocycles. The summed E-state index contributed by atoms with van der Waals surface area (Å²) in [5.41, 5.74) is 5.17. The Balaban J connectivity index is 1.60. The lowest BCUT2D eigenvalue weighted by Gasteiger charge is -2.35. The standard InChI is InChI=1S/C33H36BrN3O5/c1-5-8-22-14-27-31(28(38)15-22)30(25(18-35)20(4)36-27)23-16-26(34)32(29(17-23)40-7-3)42-19-21-9-11-24(12-10-21)37-33(39)41-13-6-2/h6,9-12,16-17,22,30,36H,2,5,7-8,13-15,19H2,1,3-4H3,(H,37,39). The summed E-state index contributed by atoms with van der Waals surface area (Å²) in [6.45, 7) is 10.2. The summed E-state index contributed by atoms with van der Waals surface area (Å²) in [5, 5.41) is 16.2. The number of ether oxygens (including phenoxy) is 3. The summed E-state index contributed by atoms with van der Waals surface area (Å²) in [4.78, 5) is 25.3. The average molecular weight is 635 g/mol. The molecule has 0 bridgehead atoms. The van der Waals surface area contributed by atoms with Gasteiger partial charge in [-0.3, -0.25) is 10.1 Å². The number of allylic oxidation sites excluding steroid dienone is 4. The number of benzene rings is 2. The number of halogens is 1. The number of hydrogen-bond acceptors (Lipinski definition) is 7. The van der Waals surface area contributed by atoms with E-state index in [1.807, 2.05) is 38.1 Å². The van der Waals surface area contributed by atoms with Crippen LogP contribution >= 0.6 is 15.9 Å². The van der Waals surface area contributed by atoms with Gasteiger partial charge in [0.05, 0.1) is 28.6 Å². The third-order valence-corrected chi connectivity index (χ3v) is 7.90. The van der Waals surface area contributed by atoms with Crippen LogP contribution in [-0.4, -0.2) is 25.1 Å². The van der Waals surface area contributed by atoms with Crippen molar-refractivity contribution in [3.05, 3.63) is 87.2 Å². The smallest absolute Gasteiger partial charge is 0.411 e. The summed E-state index contributed by atoms with van der Waals surface area (Å²) in [6, 6.07) is 13.4. The molecule has 0 saturated heterocycles. The van der Waals surface area contributed by atoms with E-state index in [1.165, 1.54) is 6.08 Å². The van der Waals surface area contributed by atoms with Crippen LogP contribution in [0.4, 0.5) is 10.5 Å². The number of rotatable bonds is 11. The topological polar surface area (TPSA) is 110 Å². The number of ketones is 1. The summed E-state index contributed by atoms with van der Waals surface area (Å²) < 4.78 is 17.8. The number of dihydropyridines is 1. The Bertz CT molecular complexity index is 1460. The number of nitrogens with zero attached hydrogens (tertiary/aromatic N) is 1. The summed E-state index contributed by atoms with van der Waals surface area (Å²) in [7, 11) is 0. The minimum atomic E-state index is -0.554. The molecule has 8 nitrogen and oxygen atoms in total. The molecule has 2 aliphatic rings. The average Bonchev–Trinajstić information content (AvgIpc) is 2.96. The lowest BCUT2D eigenvalue weighted by molar-refractivity contribution is -0.117. The Kier molecular flexibility index (Phi) is 10.5. The monoisotopic (exact) mass is 633 g/mol. The molecule has 220 valence electrons. The summed E-state index contributed by atoms with van der Waals surface area (Å²) >= 11 is 3.67. The molecule has 0 radical (unpaired) electrons. The largest absolute Gasteiger partial charge is 0.490 e. The molecule has 2 unspecified atom stereocenters. The first-order valence-electron chi connectivity index (χ1n) is 14.2. The maximum Gasteiger partial charge on any atom is 0.411 e. The van der Waals surface area contributed by atoms with Gasteiger partial charge in [0.1, 0.15) is 13.2 Å². The molecular formula is C33H36BrN3O5. The van der Waals surface area contributed by atoms with Crippen LogP contribution in [0.5, 0.6) is 11.5 Å². The third-order valence-electron chi connectivity index (χ3n) is 7.31. The van der Waals surface area contributed by atoms with Gasteiger partial charge in [0.15, 0.2) is 17.3 Å². The third kappa shape index (κ3) is 7.05. The van der Waals surface area contributed by atoms with E-state index in [0.717, 1.165) is 41.8 Å². The zero-order valence-electron chi connectivity index (χ0n) is 24.2. The van der Waals surface area contributed by atoms with E-state index in [4.69, 9.17) is 14.2 Å². The van der Waals surface area contributed by atoms with Gasteiger partial charge in [-0.15, -0.1) is 0 Å². The van der Waals surface area contributed by atoms with E-state index < -0.39 is 12.0 Å². The van der Waals surface area contributed by atoms with Crippen molar-refractivity contribution in [3.63, 3.8) is 0 Å². The first kappa shape index (κ1) is 30.9. The summed E-state index contributed by atoms with van der Waals surface area (Å²) in [6.07, 6.45) is 4.26. The number of nitriles is 1. The molecule has 1 heterocycles. The second-order valence-corrected chi connectivity index (χ2v) is 11.2. The Hall–Kier alpha value is -4.03. The quantitative estimate of drug-likeness (QED) is 0.244. The second-order valence-electron chi connectivity index (χ2n) is 10.3. The van der Waals surface area contributed by atoms with Gasteiger partial charge in [-0.1, -0.05) is 38.1 Å². The van der Waals surface area contributed by atoms with Crippen LogP contribution in [0.25, 0.3) is 0 Å². The summed E-state index contributed by atoms with van der Waals surface area (Å²) in [5.74, 6) is 0.963. The number of carbonyl (C=O) groups excluding carboxylic acids is 2. The van der Waals surface area contributed by atoms with Crippen molar-refractivity contribution < 1.29 is 23.8 Å². The second kappa shape index (κ2) is 14.2. The zero-order valence-corrected chi connectivity index (χ0v) is 25.8. The van der Waals surface area contributed by atoms with Crippen molar-refractivity contribution >= 4 is 33.5 Å². The SMILES string of the molecule is C=CCOC(=O)Nc1ccc(COc2c(Br)cc(C3C(C#N)=C(C)NC4=C3C(=O)CC(CCC)C4)cc2OCC)cc1. The molecule has 0 saturated carbocycles. The van der Waals surface area contributed by atoms with E-state index in [-0.39, 0.29) is 19.0 Å². The highest BCUT2D eigenvalue weighted by Crippen LogP contribution is 2.47. The van der Waals surface area contributed by atoms with Crippen LogP contribution in [0, 0.1) is 17.2 Å². The molecule has 2 aromatic carbocycles. The van der Waals surface area contributed by atoms with E-state index in [0.29, 0.717) is 51.8 Å². The molecule has 42 heavy (non-hydrogen) atoms. The van der Waals surface area contributed by atoms with Crippen LogP contribution in [0.1, 0.15) is 63.5 Å². The highest BCUT2D eigenvalue weighted by Gasteiger charge is 2.39. The molecule has 2 aromatic rings. The van der Waals surface area contributed by atoms with Gasteiger partial charge in [-0.05, 0) is 83.9 Å². The van der Waals surface area contributed by atoms with Crippen molar-refractivity contribution in [1.82, 2.24) is 5.32 Å². The van der Waals surface area contributed by atoms with Crippen molar-refractivity contribution in [2.24, 2.45) is 5.92 Å². The number of nitrogens with one attached hydrogen (secondary N) is 2. The lowest BCUT2D eigenvalue weighted by atomic mass is 9.72. The fourth-order valence-corrected chi connectivity index (χ4v) is 6.07. The van der Waals surface area contributed by atoms with Gasteiger partial charge in [0.2, 0.25) is 0 Å². The molecule has 4 rings (SSSR count). The number of hydrogen-bond donors (Lipinski definition) is 2. The molecule has 0 spiro atoms. The fraction of sp³-hybridized carbons (Fsp3) is 0.364. The van der Waals surface area contributed by atoms with Gasteiger partial charge in [-0.2, -0.15) is 5.26 Å².